The molecule has 0 spiro atoms. The van der Waals surface area contributed by atoms with Crippen LogP contribution in [0.1, 0.15) is 70.9 Å². The first kappa shape index (κ1) is 24.6. The van der Waals surface area contributed by atoms with E-state index < -0.39 is 6.04 Å². The van der Waals surface area contributed by atoms with E-state index in [1.54, 1.807) is 17.9 Å². The molecule has 2 unspecified atom stereocenters. The van der Waals surface area contributed by atoms with E-state index in [0.717, 1.165) is 24.3 Å². The molecule has 1 aliphatic rings. The summed E-state index contributed by atoms with van der Waals surface area (Å²) in [6.45, 7) is 15.0. The molecular formula is C25H37N3O3. The van der Waals surface area contributed by atoms with Crippen molar-refractivity contribution in [2.45, 2.75) is 73.4 Å². The van der Waals surface area contributed by atoms with Crippen LogP contribution in [-0.4, -0.2) is 40.5 Å². The number of piperazine rings is 1. The highest BCUT2D eigenvalue weighted by Crippen LogP contribution is 2.23. The fraction of sp³-hybridized carbons (Fsp3) is 0.560. The molecule has 0 radical (unpaired) electrons. The zero-order chi connectivity index (χ0) is 23.1. The molecule has 1 aromatic carbocycles. The van der Waals surface area contributed by atoms with E-state index in [-0.39, 0.29) is 23.6 Å². The fourth-order valence-corrected chi connectivity index (χ4v) is 3.43. The van der Waals surface area contributed by atoms with Gasteiger partial charge in [0, 0.05) is 24.2 Å². The van der Waals surface area contributed by atoms with Gasteiger partial charge < -0.3 is 14.7 Å². The number of nitrogens with one attached hydrogen (secondary N) is 1. The number of hydrogen-bond acceptors (Lipinski definition) is 4. The molecule has 1 aromatic heterocycles. The van der Waals surface area contributed by atoms with Crippen LogP contribution in [0.4, 0.5) is 0 Å². The number of rotatable bonds is 5. The van der Waals surface area contributed by atoms with Crippen LogP contribution in [0, 0.1) is 11.8 Å². The van der Waals surface area contributed by atoms with E-state index in [1.165, 1.54) is 5.56 Å². The Morgan fingerprint density at radius 2 is 1.81 bits per heavy atom. The highest BCUT2D eigenvalue weighted by atomic mass is 16.5. The third kappa shape index (κ3) is 6.94. The van der Waals surface area contributed by atoms with Crippen LogP contribution in [-0.2, 0) is 11.2 Å². The number of hydrogen-bond donors (Lipinski definition) is 1. The van der Waals surface area contributed by atoms with Gasteiger partial charge in [-0.1, -0.05) is 71.0 Å². The van der Waals surface area contributed by atoms with E-state index in [1.807, 2.05) is 24.3 Å². The summed E-state index contributed by atoms with van der Waals surface area (Å²) in [6.07, 6.45) is 1.79. The maximum atomic E-state index is 13.0. The highest BCUT2D eigenvalue weighted by Gasteiger charge is 2.36. The fourth-order valence-electron chi connectivity index (χ4n) is 3.43. The normalized spacial score (nSPS) is 18.6. The smallest absolute Gasteiger partial charge is 0.276 e. The van der Waals surface area contributed by atoms with Crippen LogP contribution in [0.15, 0.2) is 34.9 Å². The minimum Gasteiger partial charge on any atom is -0.355 e. The van der Waals surface area contributed by atoms with Crippen molar-refractivity contribution in [3.05, 3.63) is 41.6 Å². The summed E-state index contributed by atoms with van der Waals surface area (Å²) in [6, 6.07) is 9.09. The van der Waals surface area contributed by atoms with E-state index in [4.69, 9.17) is 4.52 Å². The number of carbonyl (C=O) groups is 2. The first-order valence-electron chi connectivity index (χ1n) is 11.3. The molecule has 2 heterocycles. The average molecular weight is 428 g/mol. The van der Waals surface area contributed by atoms with Gasteiger partial charge in [-0.2, -0.15) is 0 Å². The summed E-state index contributed by atoms with van der Waals surface area (Å²) in [5, 5.41) is 6.96. The Bertz CT molecular complexity index is 852. The maximum absolute atomic E-state index is 13.0. The summed E-state index contributed by atoms with van der Waals surface area (Å²) in [5.41, 5.74) is 2.34. The van der Waals surface area contributed by atoms with Gasteiger partial charge in [-0.25, -0.2) is 0 Å². The lowest BCUT2D eigenvalue weighted by molar-refractivity contribution is -0.128. The summed E-state index contributed by atoms with van der Waals surface area (Å²) < 4.78 is 5.39. The molecule has 2 aromatic rings. The molecule has 0 aliphatic carbocycles. The van der Waals surface area contributed by atoms with E-state index in [0.29, 0.717) is 18.2 Å². The molecule has 6 heteroatoms. The molecule has 1 aliphatic heterocycles. The Morgan fingerprint density at radius 3 is 2.35 bits per heavy atom. The topological polar surface area (TPSA) is 75.4 Å². The minimum absolute atomic E-state index is 0.0365. The van der Waals surface area contributed by atoms with Crippen molar-refractivity contribution < 1.29 is 14.1 Å². The van der Waals surface area contributed by atoms with Crippen molar-refractivity contribution in [3.8, 4) is 11.3 Å². The molecule has 2 amide bonds. The highest BCUT2D eigenvalue weighted by molar-refractivity contribution is 5.97. The second kappa shape index (κ2) is 11.1. The third-order valence-corrected chi connectivity index (χ3v) is 5.00. The molecule has 1 N–H and O–H groups in total. The zero-order valence-corrected chi connectivity index (χ0v) is 19.9. The van der Waals surface area contributed by atoms with E-state index in [2.05, 4.69) is 52.0 Å². The first-order chi connectivity index (χ1) is 14.6. The van der Waals surface area contributed by atoms with Gasteiger partial charge in [-0.05, 0) is 37.2 Å². The number of aryl methyl sites for hydroxylation is 1. The van der Waals surface area contributed by atoms with Crippen molar-refractivity contribution >= 4 is 11.8 Å². The molecule has 31 heavy (non-hydrogen) atoms. The Balaban J connectivity index is 0.000000785. The molecule has 0 saturated carbocycles. The van der Waals surface area contributed by atoms with Crippen molar-refractivity contribution in [1.82, 2.24) is 15.4 Å². The Labute approximate surface area is 186 Å². The van der Waals surface area contributed by atoms with Crippen LogP contribution < -0.4 is 5.32 Å². The van der Waals surface area contributed by atoms with Gasteiger partial charge in [-0.3, -0.25) is 9.59 Å². The molecule has 6 nitrogen and oxygen atoms in total. The number of carbonyl (C=O) groups excluding carboxylic acids is 2. The number of amides is 2. The van der Waals surface area contributed by atoms with Crippen molar-refractivity contribution in [1.29, 1.82) is 0 Å². The van der Waals surface area contributed by atoms with Crippen molar-refractivity contribution in [2.24, 2.45) is 11.8 Å². The third-order valence-electron chi connectivity index (χ3n) is 5.00. The standard InChI is InChI=1S/C21H27N3O3.C4H10/c1-5-15-6-8-16(9-7-15)19-11-18(23-27-19)21(26)24-12-17(10-13(2)3)22-20(25)14(24)4;1-4(2)3/h6-9,11,13-14,17H,5,10,12H2,1-4H3,(H,22,25);4H,1-3H3. The molecule has 3 rings (SSSR count). The van der Waals surface area contributed by atoms with Crippen LogP contribution in [0.5, 0.6) is 0 Å². The predicted molar refractivity (Wildman–Crippen MR) is 124 cm³/mol. The SMILES string of the molecule is CC(C)C.CCc1ccc(-c2cc(C(=O)N3CC(CC(C)C)NC(=O)C3C)no2)cc1. The molecule has 1 saturated heterocycles. The number of benzene rings is 1. The molecule has 170 valence electrons. The lowest BCUT2D eigenvalue weighted by atomic mass is 9.99. The van der Waals surface area contributed by atoms with Gasteiger partial charge in [-0.15, -0.1) is 0 Å². The zero-order valence-electron chi connectivity index (χ0n) is 19.9. The first-order valence-corrected chi connectivity index (χ1v) is 11.3. The van der Waals surface area contributed by atoms with Crippen LogP contribution in [0.2, 0.25) is 0 Å². The van der Waals surface area contributed by atoms with Crippen LogP contribution in [0.25, 0.3) is 11.3 Å². The van der Waals surface area contributed by atoms with Gasteiger partial charge in [0.15, 0.2) is 11.5 Å². The monoisotopic (exact) mass is 427 g/mol. The van der Waals surface area contributed by atoms with Crippen LogP contribution >= 0.6 is 0 Å². The predicted octanol–water partition coefficient (Wildman–Crippen LogP) is 4.94. The Hall–Kier alpha value is -2.63. The summed E-state index contributed by atoms with van der Waals surface area (Å²) in [5.74, 6) is 1.42. The lowest BCUT2D eigenvalue weighted by Crippen LogP contribution is -2.60. The Kier molecular flexibility index (Phi) is 8.84. The van der Waals surface area contributed by atoms with Crippen molar-refractivity contribution in [3.63, 3.8) is 0 Å². The summed E-state index contributed by atoms with van der Waals surface area (Å²) in [7, 11) is 0. The van der Waals surface area contributed by atoms with Crippen LogP contribution in [0.3, 0.4) is 0 Å². The van der Waals surface area contributed by atoms with E-state index in [9.17, 15) is 9.59 Å². The second-order valence-corrected chi connectivity index (χ2v) is 9.33. The van der Waals surface area contributed by atoms with E-state index >= 15 is 0 Å². The van der Waals surface area contributed by atoms with Crippen molar-refractivity contribution in [2.75, 3.05) is 6.54 Å². The molecular weight excluding hydrogens is 390 g/mol. The van der Waals surface area contributed by atoms with Gasteiger partial charge in [0.2, 0.25) is 5.91 Å². The summed E-state index contributed by atoms with van der Waals surface area (Å²) in [4.78, 5) is 26.8. The Morgan fingerprint density at radius 1 is 1.19 bits per heavy atom. The largest absolute Gasteiger partial charge is 0.355 e. The quantitative estimate of drug-likeness (QED) is 0.733. The number of aromatic nitrogens is 1. The van der Waals surface area contributed by atoms with Gasteiger partial charge in [0.1, 0.15) is 6.04 Å². The number of nitrogens with zero attached hydrogens (tertiary/aromatic N) is 2. The maximum Gasteiger partial charge on any atom is 0.276 e. The average Bonchev–Trinajstić information content (AvgIpc) is 3.19. The van der Waals surface area contributed by atoms with Gasteiger partial charge in [0.25, 0.3) is 5.91 Å². The lowest BCUT2D eigenvalue weighted by Gasteiger charge is -2.38. The molecule has 1 fully saturated rings. The second-order valence-electron chi connectivity index (χ2n) is 9.33. The van der Waals surface area contributed by atoms with Gasteiger partial charge in [0.05, 0.1) is 0 Å². The van der Waals surface area contributed by atoms with Gasteiger partial charge >= 0.3 is 0 Å². The summed E-state index contributed by atoms with van der Waals surface area (Å²) >= 11 is 0. The molecule has 0 bridgehead atoms. The molecule has 2 atom stereocenters. The minimum atomic E-state index is -0.523.